The van der Waals surface area contributed by atoms with Crippen LogP contribution in [-0.2, 0) is 19.5 Å². The number of hydrogen-bond donors (Lipinski definition) is 1. The Kier molecular flexibility index (Phi) is 6.45. The van der Waals surface area contributed by atoms with Gasteiger partial charge in [0.2, 0.25) is 11.8 Å². The zero-order valence-corrected chi connectivity index (χ0v) is 22.0. The van der Waals surface area contributed by atoms with Gasteiger partial charge in [0, 0.05) is 37.6 Å². The van der Waals surface area contributed by atoms with Crippen molar-refractivity contribution in [3.8, 4) is 22.8 Å². The van der Waals surface area contributed by atoms with Crippen LogP contribution in [0.2, 0.25) is 0 Å². The quantitative estimate of drug-likeness (QED) is 0.303. The Hall–Kier alpha value is -4.20. The monoisotopic (exact) mass is 557 g/mol. The molecule has 0 aliphatic carbocycles. The van der Waals surface area contributed by atoms with Crippen molar-refractivity contribution in [2.24, 2.45) is 7.05 Å². The van der Waals surface area contributed by atoms with Gasteiger partial charge in [-0.15, -0.1) is 10.2 Å². The molecule has 0 fully saturated rings. The van der Waals surface area contributed by atoms with E-state index in [9.17, 15) is 8.78 Å². The molecule has 39 heavy (non-hydrogen) atoms. The maximum Gasteiger partial charge on any atom is 0.337 e. The van der Waals surface area contributed by atoms with Gasteiger partial charge < -0.3 is 9.88 Å². The Morgan fingerprint density at radius 1 is 1.10 bits per heavy atom. The molecule has 0 spiro atoms. The highest BCUT2D eigenvalue weighted by Crippen LogP contribution is 2.42. The van der Waals surface area contributed by atoms with E-state index in [1.165, 1.54) is 4.57 Å². The van der Waals surface area contributed by atoms with Crippen LogP contribution in [0.5, 0.6) is 0 Å². The first-order valence-electron chi connectivity index (χ1n) is 11.7. The Balaban J connectivity index is 0.00000308. The van der Waals surface area contributed by atoms with Crippen LogP contribution in [0.3, 0.4) is 0 Å². The summed E-state index contributed by atoms with van der Waals surface area (Å²) < 4.78 is 64.4. The third-order valence-electron chi connectivity index (χ3n) is 6.59. The van der Waals surface area contributed by atoms with Gasteiger partial charge in [-0.05, 0) is 37.6 Å². The van der Waals surface area contributed by atoms with Gasteiger partial charge in [-0.25, -0.2) is 18.7 Å². The van der Waals surface area contributed by atoms with E-state index >= 15 is 8.78 Å². The van der Waals surface area contributed by atoms with Gasteiger partial charge in [0.25, 0.3) is 0 Å². The SMILES string of the molecule is Cc1cnc(Nc2ccnn2C)nc1-c1cc2n(c1)C[C@H](C)n1c-2nnc1C(F)(F)c1c(F)cccc1F.S. The molecule has 1 aromatic carbocycles. The van der Waals surface area contributed by atoms with Gasteiger partial charge in [-0.1, -0.05) is 6.07 Å². The molecule has 5 heterocycles. The molecule has 0 saturated heterocycles. The number of aryl methyl sites for hydroxylation is 2. The number of aromatic nitrogens is 8. The van der Waals surface area contributed by atoms with E-state index in [0.717, 1.165) is 29.3 Å². The summed E-state index contributed by atoms with van der Waals surface area (Å²) in [5, 5.41) is 15.0. The normalized spacial score (nSPS) is 14.5. The second kappa shape index (κ2) is 9.52. The lowest BCUT2D eigenvalue weighted by atomic mass is 10.1. The summed E-state index contributed by atoms with van der Waals surface area (Å²) in [5.41, 5.74) is 1.35. The van der Waals surface area contributed by atoms with E-state index in [0.29, 0.717) is 29.7 Å². The molecular weight excluding hydrogens is 534 g/mol. The summed E-state index contributed by atoms with van der Waals surface area (Å²) in [6, 6.07) is 5.67. The largest absolute Gasteiger partial charge is 0.342 e. The van der Waals surface area contributed by atoms with Crippen molar-refractivity contribution >= 4 is 25.3 Å². The van der Waals surface area contributed by atoms with Gasteiger partial charge in [-0.3, -0.25) is 9.25 Å². The second-order valence-electron chi connectivity index (χ2n) is 9.19. The highest BCUT2D eigenvalue weighted by molar-refractivity contribution is 7.59. The molecule has 14 heteroatoms. The molecule has 1 aliphatic rings. The van der Waals surface area contributed by atoms with Gasteiger partial charge in [0.1, 0.15) is 23.0 Å². The first-order chi connectivity index (χ1) is 18.1. The predicted octanol–water partition coefficient (Wildman–Crippen LogP) is 5.09. The molecule has 0 radical (unpaired) electrons. The first-order valence-corrected chi connectivity index (χ1v) is 11.7. The van der Waals surface area contributed by atoms with Crippen LogP contribution in [0.4, 0.5) is 29.3 Å². The summed E-state index contributed by atoms with van der Waals surface area (Å²) in [5.74, 6) is -6.32. The average Bonchev–Trinajstić information content (AvgIpc) is 3.59. The van der Waals surface area contributed by atoms with Crippen molar-refractivity contribution in [1.29, 1.82) is 0 Å². The van der Waals surface area contributed by atoms with Crippen molar-refractivity contribution in [3.63, 3.8) is 0 Å². The molecule has 1 atom stereocenters. The molecule has 0 amide bonds. The fourth-order valence-electron chi connectivity index (χ4n) is 4.76. The lowest BCUT2D eigenvalue weighted by Gasteiger charge is -2.27. The summed E-state index contributed by atoms with van der Waals surface area (Å²) >= 11 is 0. The molecule has 9 nitrogen and oxygen atoms in total. The standard InChI is InChI=1S/C25H21F4N9.H2S/c1-13-10-30-24(32-19-7-8-31-36(19)3)33-21(13)15-9-18-22-34-35-23(38(22)14(2)11-37(18)12-15)25(28,29)20-16(26)5-4-6-17(20)27;/h4-10,12,14H,11H2,1-3H3,(H,30,32,33);1H2/t14-;/m0./s1. The molecule has 1 aliphatic heterocycles. The number of nitrogens with one attached hydrogen (secondary N) is 1. The summed E-state index contributed by atoms with van der Waals surface area (Å²) in [6.07, 6.45) is 5.20. The third-order valence-corrected chi connectivity index (χ3v) is 6.59. The van der Waals surface area contributed by atoms with Gasteiger partial charge in [0.15, 0.2) is 5.82 Å². The summed E-state index contributed by atoms with van der Waals surface area (Å²) in [7, 11) is 1.79. The van der Waals surface area contributed by atoms with Gasteiger partial charge >= 0.3 is 5.92 Å². The fraction of sp³-hybridized carbons (Fsp3) is 0.240. The number of nitrogens with zero attached hydrogens (tertiary/aromatic N) is 8. The molecule has 6 rings (SSSR count). The van der Waals surface area contributed by atoms with E-state index < -0.39 is 35.0 Å². The fourth-order valence-corrected chi connectivity index (χ4v) is 4.76. The molecule has 5 aromatic rings. The highest BCUT2D eigenvalue weighted by atomic mass is 32.1. The van der Waals surface area contributed by atoms with Crippen LogP contribution >= 0.6 is 13.5 Å². The lowest BCUT2D eigenvalue weighted by Crippen LogP contribution is -2.29. The van der Waals surface area contributed by atoms with Crippen LogP contribution in [0.15, 0.2) is 48.9 Å². The summed E-state index contributed by atoms with van der Waals surface area (Å²) in [6.45, 7) is 3.90. The molecule has 0 saturated carbocycles. The zero-order valence-electron chi connectivity index (χ0n) is 21.0. The number of anilines is 2. The van der Waals surface area contributed by atoms with E-state index in [4.69, 9.17) is 0 Å². The summed E-state index contributed by atoms with van der Waals surface area (Å²) in [4.78, 5) is 9.00. The Morgan fingerprint density at radius 3 is 2.54 bits per heavy atom. The van der Waals surface area contributed by atoms with Gasteiger partial charge in [0.05, 0.1) is 23.6 Å². The van der Waals surface area contributed by atoms with Crippen molar-refractivity contribution in [2.75, 3.05) is 5.32 Å². The second-order valence-corrected chi connectivity index (χ2v) is 9.19. The zero-order chi connectivity index (χ0) is 26.8. The van der Waals surface area contributed by atoms with Crippen molar-refractivity contribution < 1.29 is 17.6 Å². The van der Waals surface area contributed by atoms with E-state index in [1.807, 2.05) is 17.7 Å². The number of hydrogen-bond acceptors (Lipinski definition) is 6. The number of rotatable bonds is 5. The predicted molar refractivity (Wildman–Crippen MR) is 140 cm³/mol. The number of halogens is 4. The number of alkyl halides is 2. The molecule has 4 aromatic heterocycles. The van der Waals surface area contributed by atoms with E-state index in [2.05, 4.69) is 30.6 Å². The molecular formula is C25H23F4N9S. The minimum absolute atomic E-state index is 0. The van der Waals surface area contributed by atoms with Crippen LogP contribution in [-0.4, -0.2) is 39.1 Å². The topological polar surface area (TPSA) is 91.3 Å². The van der Waals surface area contributed by atoms with E-state index in [1.54, 1.807) is 43.2 Å². The van der Waals surface area contributed by atoms with Crippen molar-refractivity contribution in [3.05, 3.63) is 77.5 Å². The number of benzene rings is 1. The first kappa shape index (κ1) is 26.4. The molecule has 202 valence electrons. The van der Waals surface area contributed by atoms with Crippen molar-refractivity contribution in [1.82, 2.24) is 39.1 Å². The minimum Gasteiger partial charge on any atom is -0.342 e. The van der Waals surface area contributed by atoms with E-state index in [-0.39, 0.29) is 19.3 Å². The van der Waals surface area contributed by atoms with Crippen LogP contribution < -0.4 is 5.32 Å². The number of fused-ring (bicyclic) bond motifs is 3. The minimum atomic E-state index is -4.04. The molecule has 1 N–H and O–H groups in total. The maximum atomic E-state index is 15.5. The van der Waals surface area contributed by atoms with Gasteiger partial charge in [-0.2, -0.15) is 27.4 Å². The van der Waals surface area contributed by atoms with Crippen LogP contribution in [0.25, 0.3) is 22.8 Å². The van der Waals surface area contributed by atoms with Crippen LogP contribution in [0.1, 0.15) is 29.9 Å². The molecule has 0 unspecified atom stereocenters. The smallest absolute Gasteiger partial charge is 0.337 e. The Labute approximate surface area is 227 Å². The Bertz CT molecular complexity index is 1670. The average molecular weight is 558 g/mol. The van der Waals surface area contributed by atoms with Crippen LogP contribution in [0, 0.1) is 18.6 Å². The third kappa shape index (κ3) is 4.24. The van der Waals surface area contributed by atoms with Crippen molar-refractivity contribution in [2.45, 2.75) is 32.4 Å². The lowest BCUT2D eigenvalue weighted by molar-refractivity contribution is 0.0192. The maximum absolute atomic E-state index is 15.5. The molecule has 0 bridgehead atoms. The highest BCUT2D eigenvalue weighted by Gasteiger charge is 2.46. The Morgan fingerprint density at radius 2 is 1.85 bits per heavy atom.